The number of likely N-dealkylation sites (N-methyl/N-ethyl adjacent to an activating group) is 1. The van der Waals surface area contributed by atoms with Gasteiger partial charge in [0, 0.05) is 12.8 Å². The molecule has 0 aromatic rings. The average Bonchev–Trinajstić information content (AvgIpc) is 3.61. The number of allylic oxidation sites excluding steroid dienone is 26. The molecule has 0 aromatic heterocycles. The van der Waals surface area contributed by atoms with E-state index in [0.29, 0.717) is 17.4 Å². The lowest BCUT2D eigenvalue weighted by Crippen LogP contribution is -2.37. The van der Waals surface area contributed by atoms with Crippen LogP contribution < -0.4 is 0 Å². The Kier molecular flexibility index (Phi) is 65.6. The molecule has 0 spiro atoms. The van der Waals surface area contributed by atoms with Crippen LogP contribution in [0.15, 0.2) is 158 Å². The second kappa shape index (κ2) is 69.0. The van der Waals surface area contributed by atoms with Gasteiger partial charge in [-0.05, 0) is 122 Å². The Bertz CT molecular complexity index is 2080. The standard InChI is InChI=1S/C80H134NO8P/c1-6-8-10-12-14-16-18-20-22-24-26-28-30-32-34-36-38-39-40-41-43-45-47-49-51-53-55-57-59-61-63-65-67-69-71-73-80(83)89-78(77-88-90(84,85)87-75-74-81(3,4)5)76-86-79(82)72-70-68-66-64-62-60-58-56-54-52-50-48-46-44-42-37-35-33-31-29-27-25-23-21-19-17-15-13-11-9-7-2/h8-11,14-17,20-23,26-29,32,34,38-39,41,43,47,49,53,55,78H,6-7,12-13,18-19,24-25,30-31,33,35-37,40,42,44-46,48,50-52,54,56-77H2,1-5H3/p+1/b10-8-,11-9-,16-14-,17-15-,22-20-,23-21-,28-26-,29-27-,34-32-,39-38-,43-41-,49-47-,55-53-. The maximum Gasteiger partial charge on any atom is 0.472 e. The van der Waals surface area contributed by atoms with Crippen LogP contribution in [0.2, 0.25) is 0 Å². The summed E-state index contributed by atoms with van der Waals surface area (Å²) in [6.45, 7) is 4.20. The van der Waals surface area contributed by atoms with Gasteiger partial charge in [-0.2, -0.15) is 0 Å². The number of hydrogen-bond donors (Lipinski definition) is 1. The minimum absolute atomic E-state index is 0.0225. The van der Waals surface area contributed by atoms with Gasteiger partial charge in [0.2, 0.25) is 0 Å². The highest BCUT2D eigenvalue weighted by Gasteiger charge is 2.27. The Morgan fingerprint density at radius 1 is 0.344 bits per heavy atom. The van der Waals surface area contributed by atoms with Crippen LogP contribution in [0.1, 0.15) is 284 Å². The number of quaternary nitrogens is 1. The van der Waals surface area contributed by atoms with E-state index in [1.54, 1.807) is 0 Å². The number of ether oxygens (including phenoxy) is 2. The van der Waals surface area contributed by atoms with Gasteiger partial charge < -0.3 is 18.9 Å². The van der Waals surface area contributed by atoms with E-state index < -0.39 is 26.5 Å². The molecule has 512 valence electrons. The lowest BCUT2D eigenvalue weighted by atomic mass is 10.0. The summed E-state index contributed by atoms with van der Waals surface area (Å²) in [7, 11) is 1.46. The predicted octanol–water partition coefficient (Wildman–Crippen LogP) is 23.9. The highest BCUT2D eigenvalue weighted by atomic mass is 31.2. The molecular formula is C80H135NO8P+. The van der Waals surface area contributed by atoms with Crippen molar-refractivity contribution in [2.75, 3.05) is 47.5 Å². The monoisotopic (exact) mass is 1270 g/mol. The molecule has 0 heterocycles. The fourth-order valence-electron chi connectivity index (χ4n) is 9.59. The van der Waals surface area contributed by atoms with Crippen molar-refractivity contribution < 1.29 is 42.1 Å². The number of esters is 2. The summed E-state index contributed by atoms with van der Waals surface area (Å²) in [5.41, 5.74) is 0. The van der Waals surface area contributed by atoms with Crippen LogP contribution in [0.25, 0.3) is 0 Å². The Morgan fingerprint density at radius 2 is 0.600 bits per heavy atom. The quantitative estimate of drug-likeness (QED) is 0.0211. The molecule has 0 aromatic carbocycles. The third-order valence-electron chi connectivity index (χ3n) is 15.1. The molecular weight excluding hydrogens is 1130 g/mol. The van der Waals surface area contributed by atoms with Gasteiger partial charge in [-0.15, -0.1) is 0 Å². The second-order valence-electron chi connectivity index (χ2n) is 24.9. The number of unbranched alkanes of at least 4 members (excludes halogenated alkanes) is 25. The van der Waals surface area contributed by atoms with Crippen molar-refractivity contribution >= 4 is 19.8 Å². The van der Waals surface area contributed by atoms with Gasteiger partial charge in [-0.25, -0.2) is 4.57 Å². The second-order valence-corrected chi connectivity index (χ2v) is 26.3. The van der Waals surface area contributed by atoms with Gasteiger partial charge in [0.25, 0.3) is 0 Å². The fourth-order valence-corrected chi connectivity index (χ4v) is 10.3. The summed E-state index contributed by atoms with van der Waals surface area (Å²) in [5, 5.41) is 0. The summed E-state index contributed by atoms with van der Waals surface area (Å²) in [4.78, 5) is 35.9. The number of carbonyl (C=O) groups is 2. The van der Waals surface area contributed by atoms with Crippen LogP contribution in [-0.2, 0) is 32.7 Å². The topological polar surface area (TPSA) is 108 Å². The van der Waals surface area contributed by atoms with Crippen molar-refractivity contribution in [3.05, 3.63) is 158 Å². The maximum atomic E-state index is 12.9. The molecule has 0 aliphatic heterocycles. The molecule has 2 atom stereocenters. The molecule has 0 rings (SSSR count). The summed E-state index contributed by atoms with van der Waals surface area (Å²) in [6, 6.07) is 0. The fraction of sp³-hybridized carbons (Fsp3) is 0.650. The van der Waals surface area contributed by atoms with Crippen molar-refractivity contribution in [1.82, 2.24) is 0 Å². The molecule has 2 unspecified atom stereocenters. The zero-order valence-electron chi connectivity index (χ0n) is 58.3. The number of nitrogens with zero attached hydrogens (tertiary/aromatic N) is 1. The van der Waals surface area contributed by atoms with Crippen molar-refractivity contribution in [2.24, 2.45) is 0 Å². The molecule has 1 N–H and O–H groups in total. The van der Waals surface area contributed by atoms with Gasteiger partial charge in [0.15, 0.2) is 6.10 Å². The van der Waals surface area contributed by atoms with E-state index >= 15 is 0 Å². The van der Waals surface area contributed by atoms with Gasteiger partial charge in [0.05, 0.1) is 27.7 Å². The minimum atomic E-state index is -4.41. The number of phosphoric acid groups is 1. The first-order valence-corrected chi connectivity index (χ1v) is 37.7. The normalized spacial score (nSPS) is 14.1. The van der Waals surface area contributed by atoms with Crippen LogP contribution in [0.4, 0.5) is 0 Å². The zero-order valence-corrected chi connectivity index (χ0v) is 59.2. The molecule has 0 saturated carbocycles. The van der Waals surface area contributed by atoms with Crippen molar-refractivity contribution in [2.45, 2.75) is 290 Å². The maximum absolute atomic E-state index is 12.9. The van der Waals surface area contributed by atoms with E-state index in [0.717, 1.165) is 128 Å². The van der Waals surface area contributed by atoms with Gasteiger partial charge in [0.1, 0.15) is 19.8 Å². The summed E-state index contributed by atoms with van der Waals surface area (Å²) in [5.74, 6) is -0.812. The lowest BCUT2D eigenvalue weighted by Gasteiger charge is -2.24. The van der Waals surface area contributed by atoms with Crippen molar-refractivity contribution in [1.29, 1.82) is 0 Å². The van der Waals surface area contributed by atoms with Crippen LogP contribution >= 0.6 is 7.82 Å². The minimum Gasteiger partial charge on any atom is -0.462 e. The number of phosphoric ester groups is 1. The third kappa shape index (κ3) is 72.7. The van der Waals surface area contributed by atoms with E-state index in [2.05, 4.69) is 172 Å². The van der Waals surface area contributed by atoms with Crippen LogP contribution in [0.3, 0.4) is 0 Å². The van der Waals surface area contributed by atoms with Crippen molar-refractivity contribution in [3.8, 4) is 0 Å². The number of rotatable bonds is 65. The Labute approximate surface area is 554 Å². The predicted molar refractivity (Wildman–Crippen MR) is 390 cm³/mol. The van der Waals surface area contributed by atoms with E-state index in [-0.39, 0.29) is 32.0 Å². The van der Waals surface area contributed by atoms with Crippen molar-refractivity contribution in [3.63, 3.8) is 0 Å². The first-order chi connectivity index (χ1) is 44.0. The Balaban J connectivity index is 4.10. The van der Waals surface area contributed by atoms with E-state index in [1.165, 1.54) is 122 Å². The molecule has 9 nitrogen and oxygen atoms in total. The van der Waals surface area contributed by atoms with Crippen LogP contribution in [0.5, 0.6) is 0 Å². The van der Waals surface area contributed by atoms with E-state index in [9.17, 15) is 19.0 Å². The molecule has 0 aliphatic carbocycles. The molecule has 0 radical (unpaired) electrons. The highest BCUT2D eigenvalue weighted by Crippen LogP contribution is 2.43. The van der Waals surface area contributed by atoms with Crippen LogP contribution in [0, 0.1) is 0 Å². The largest absolute Gasteiger partial charge is 0.472 e. The van der Waals surface area contributed by atoms with Gasteiger partial charge in [-0.1, -0.05) is 307 Å². The molecule has 0 saturated heterocycles. The average molecular weight is 1270 g/mol. The lowest BCUT2D eigenvalue weighted by molar-refractivity contribution is -0.870. The molecule has 0 fully saturated rings. The third-order valence-corrected chi connectivity index (χ3v) is 16.0. The summed E-state index contributed by atoms with van der Waals surface area (Å²) < 4.78 is 34.7. The van der Waals surface area contributed by atoms with Gasteiger partial charge in [-0.3, -0.25) is 18.6 Å². The molecule has 0 aliphatic rings. The zero-order chi connectivity index (χ0) is 65.5. The molecule has 10 heteroatoms. The Hall–Kier alpha value is -4.37. The number of hydrogen-bond acceptors (Lipinski definition) is 7. The SMILES string of the molecule is CC/C=C\C/C=C\C/C=C\C/C=C\C/C=C\C/C=C\C/C=C\C/C=C\C/C=C\CCCCCCCCCC(=O)OC(COC(=O)CCCCCCCCCCCCCCCCCCCC/C=C\C/C=C\C/C=C\C/C=C\CC)COP(=O)(O)OCC[N+](C)(C)C. The molecule has 90 heavy (non-hydrogen) atoms. The Morgan fingerprint density at radius 3 is 0.889 bits per heavy atom. The molecule has 0 bridgehead atoms. The first kappa shape index (κ1) is 85.6. The number of carbonyl (C=O) groups excluding carboxylic acids is 2. The summed E-state index contributed by atoms with van der Waals surface area (Å²) >= 11 is 0. The first-order valence-electron chi connectivity index (χ1n) is 36.2. The smallest absolute Gasteiger partial charge is 0.462 e. The van der Waals surface area contributed by atoms with E-state index in [1.807, 2.05) is 21.1 Å². The van der Waals surface area contributed by atoms with Gasteiger partial charge >= 0.3 is 19.8 Å². The highest BCUT2D eigenvalue weighted by molar-refractivity contribution is 7.47. The van der Waals surface area contributed by atoms with Crippen LogP contribution in [-0.4, -0.2) is 74.9 Å². The summed E-state index contributed by atoms with van der Waals surface area (Å²) in [6.07, 6.45) is 103. The van der Waals surface area contributed by atoms with E-state index in [4.69, 9.17) is 18.5 Å². The molecule has 0 amide bonds.